The molecule has 1 atom stereocenters. The van der Waals surface area contributed by atoms with Crippen molar-refractivity contribution in [1.82, 2.24) is 29.6 Å². The SMILES string of the molecule is c1cc(-c2cc(C3CCN(Cc4ccc(-n5cncn5)cc4)C3)ccn2)ccn1. The van der Waals surface area contributed by atoms with Crippen LogP contribution in [0.2, 0.25) is 0 Å². The zero-order chi connectivity index (χ0) is 19.5. The van der Waals surface area contributed by atoms with E-state index in [0.29, 0.717) is 5.92 Å². The van der Waals surface area contributed by atoms with Gasteiger partial charge in [-0.3, -0.25) is 14.9 Å². The highest BCUT2D eigenvalue weighted by molar-refractivity contribution is 5.59. The fourth-order valence-electron chi connectivity index (χ4n) is 3.98. The van der Waals surface area contributed by atoms with Gasteiger partial charge in [0.2, 0.25) is 0 Å². The molecule has 0 amide bonds. The summed E-state index contributed by atoms with van der Waals surface area (Å²) < 4.78 is 1.78. The Morgan fingerprint density at radius 1 is 0.931 bits per heavy atom. The first-order valence-electron chi connectivity index (χ1n) is 9.88. The molecule has 6 heteroatoms. The average Bonchev–Trinajstić information content (AvgIpc) is 3.48. The van der Waals surface area contributed by atoms with E-state index in [1.165, 1.54) is 17.5 Å². The third-order valence-corrected chi connectivity index (χ3v) is 5.53. The molecule has 4 heterocycles. The van der Waals surface area contributed by atoms with E-state index in [9.17, 15) is 0 Å². The lowest BCUT2D eigenvalue weighted by Crippen LogP contribution is -2.19. The molecule has 144 valence electrons. The number of likely N-dealkylation sites (tertiary alicyclic amines) is 1. The molecule has 0 bridgehead atoms. The van der Waals surface area contributed by atoms with Crippen molar-refractivity contribution in [2.45, 2.75) is 18.9 Å². The highest BCUT2D eigenvalue weighted by atomic mass is 15.3. The fourth-order valence-corrected chi connectivity index (χ4v) is 3.98. The maximum absolute atomic E-state index is 4.54. The van der Waals surface area contributed by atoms with Gasteiger partial charge in [-0.2, -0.15) is 5.10 Å². The molecule has 3 aromatic heterocycles. The van der Waals surface area contributed by atoms with Crippen molar-refractivity contribution in [2.24, 2.45) is 0 Å². The van der Waals surface area contributed by atoms with Crippen LogP contribution >= 0.6 is 0 Å². The molecule has 1 saturated heterocycles. The Morgan fingerprint density at radius 2 is 1.79 bits per heavy atom. The number of benzene rings is 1. The summed E-state index contributed by atoms with van der Waals surface area (Å²) in [6.45, 7) is 3.16. The van der Waals surface area contributed by atoms with E-state index in [2.05, 4.69) is 61.3 Å². The molecule has 0 aliphatic carbocycles. The van der Waals surface area contributed by atoms with Crippen LogP contribution < -0.4 is 0 Å². The Morgan fingerprint density at radius 3 is 2.59 bits per heavy atom. The summed E-state index contributed by atoms with van der Waals surface area (Å²) in [4.78, 5) is 15.2. The second kappa shape index (κ2) is 7.93. The van der Waals surface area contributed by atoms with Gasteiger partial charge in [-0.15, -0.1) is 0 Å². The topological polar surface area (TPSA) is 59.7 Å². The smallest absolute Gasteiger partial charge is 0.138 e. The van der Waals surface area contributed by atoms with Gasteiger partial charge in [-0.25, -0.2) is 9.67 Å². The molecule has 1 aromatic carbocycles. The Hall–Kier alpha value is -3.38. The van der Waals surface area contributed by atoms with E-state index >= 15 is 0 Å². The molecule has 1 unspecified atom stereocenters. The molecule has 1 fully saturated rings. The molecule has 4 aromatic rings. The largest absolute Gasteiger partial charge is 0.298 e. The van der Waals surface area contributed by atoms with Crippen molar-refractivity contribution in [1.29, 1.82) is 0 Å². The second-order valence-corrected chi connectivity index (χ2v) is 7.44. The highest BCUT2D eigenvalue weighted by Crippen LogP contribution is 2.30. The van der Waals surface area contributed by atoms with Crippen LogP contribution in [0.4, 0.5) is 0 Å². The van der Waals surface area contributed by atoms with Crippen LogP contribution in [0, 0.1) is 0 Å². The molecule has 1 aliphatic rings. The second-order valence-electron chi connectivity index (χ2n) is 7.44. The predicted molar refractivity (Wildman–Crippen MR) is 111 cm³/mol. The summed E-state index contributed by atoms with van der Waals surface area (Å²) in [7, 11) is 0. The van der Waals surface area contributed by atoms with E-state index < -0.39 is 0 Å². The summed E-state index contributed by atoms with van der Waals surface area (Å²) >= 11 is 0. The summed E-state index contributed by atoms with van der Waals surface area (Å²) in [6, 6.07) is 17.0. The van der Waals surface area contributed by atoms with Crippen LogP contribution in [0.1, 0.15) is 23.5 Å². The van der Waals surface area contributed by atoms with E-state index in [1.807, 2.05) is 30.7 Å². The van der Waals surface area contributed by atoms with Gasteiger partial charge in [-0.05, 0) is 66.4 Å². The minimum atomic E-state index is 0.549. The van der Waals surface area contributed by atoms with Crippen LogP contribution in [-0.4, -0.2) is 42.7 Å². The summed E-state index contributed by atoms with van der Waals surface area (Å²) in [6.07, 6.45) is 10.0. The van der Waals surface area contributed by atoms with E-state index in [1.54, 1.807) is 17.3 Å². The van der Waals surface area contributed by atoms with Gasteiger partial charge < -0.3 is 0 Å². The van der Waals surface area contributed by atoms with Crippen molar-refractivity contribution < 1.29 is 0 Å². The van der Waals surface area contributed by atoms with E-state index in [4.69, 9.17) is 0 Å². The predicted octanol–water partition coefficient (Wildman–Crippen LogP) is 3.71. The molecule has 29 heavy (non-hydrogen) atoms. The number of nitrogens with zero attached hydrogens (tertiary/aromatic N) is 6. The summed E-state index contributed by atoms with van der Waals surface area (Å²) in [5.74, 6) is 0.549. The molecule has 6 nitrogen and oxygen atoms in total. The molecule has 0 saturated carbocycles. The standard InChI is InChI=1S/C23H22N6/c1-3-22(29-17-25-16-27-29)4-2-18(1)14-28-12-8-21(15-28)20-7-11-26-23(13-20)19-5-9-24-10-6-19/h1-7,9-11,13,16-17,21H,8,12,14-15H2. The Kier molecular flexibility index (Phi) is 4.84. The molecule has 0 N–H and O–H groups in total. The molecule has 5 rings (SSSR count). The zero-order valence-electron chi connectivity index (χ0n) is 16.1. The minimum absolute atomic E-state index is 0.549. The molecule has 0 spiro atoms. The third-order valence-electron chi connectivity index (χ3n) is 5.53. The van der Waals surface area contributed by atoms with Crippen LogP contribution in [0.3, 0.4) is 0 Å². The van der Waals surface area contributed by atoms with E-state index in [-0.39, 0.29) is 0 Å². The summed E-state index contributed by atoms with van der Waals surface area (Å²) in [5.41, 5.74) is 5.86. The van der Waals surface area contributed by atoms with Gasteiger partial charge in [0.05, 0.1) is 11.4 Å². The average molecular weight is 382 g/mol. The van der Waals surface area contributed by atoms with Crippen molar-refractivity contribution in [3.8, 4) is 16.9 Å². The Labute approximate surface area is 169 Å². The number of aromatic nitrogens is 5. The number of hydrogen-bond acceptors (Lipinski definition) is 5. The van der Waals surface area contributed by atoms with Gasteiger partial charge in [0.1, 0.15) is 12.7 Å². The first kappa shape index (κ1) is 17.7. The fraction of sp³-hybridized carbons (Fsp3) is 0.217. The normalized spacial score (nSPS) is 16.9. The lowest BCUT2D eigenvalue weighted by atomic mass is 9.97. The van der Waals surface area contributed by atoms with Gasteiger partial charge in [0.15, 0.2) is 0 Å². The third kappa shape index (κ3) is 3.93. The summed E-state index contributed by atoms with van der Waals surface area (Å²) in [5, 5.41) is 4.18. The van der Waals surface area contributed by atoms with Crippen molar-refractivity contribution in [3.63, 3.8) is 0 Å². The first-order valence-corrected chi connectivity index (χ1v) is 9.88. The highest BCUT2D eigenvalue weighted by Gasteiger charge is 2.24. The first-order chi connectivity index (χ1) is 14.3. The van der Waals surface area contributed by atoms with Gasteiger partial charge >= 0.3 is 0 Å². The number of hydrogen-bond donors (Lipinski definition) is 0. The molecular weight excluding hydrogens is 360 g/mol. The molecule has 0 radical (unpaired) electrons. The number of rotatable bonds is 5. The number of pyridine rings is 2. The molecule has 1 aliphatic heterocycles. The lowest BCUT2D eigenvalue weighted by molar-refractivity contribution is 0.327. The van der Waals surface area contributed by atoms with Crippen molar-refractivity contribution in [3.05, 3.63) is 90.9 Å². The van der Waals surface area contributed by atoms with E-state index in [0.717, 1.165) is 36.6 Å². The van der Waals surface area contributed by atoms with Crippen LogP contribution in [0.25, 0.3) is 16.9 Å². The maximum atomic E-state index is 4.54. The minimum Gasteiger partial charge on any atom is -0.298 e. The molecular formula is C23H22N6. The van der Waals surface area contributed by atoms with Crippen LogP contribution in [-0.2, 0) is 6.54 Å². The van der Waals surface area contributed by atoms with Gasteiger partial charge in [0.25, 0.3) is 0 Å². The van der Waals surface area contributed by atoms with Crippen molar-refractivity contribution in [2.75, 3.05) is 13.1 Å². The Bertz CT molecular complexity index is 1060. The maximum Gasteiger partial charge on any atom is 0.138 e. The van der Waals surface area contributed by atoms with Gasteiger partial charge in [0, 0.05) is 37.2 Å². The van der Waals surface area contributed by atoms with Crippen LogP contribution in [0.15, 0.2) is 79.8 Å². The monoisotopic (exact) mass is 382 g/mol. The Balaban J connectivity index is 1.25. The zero-order valence-corrected chi connectivity index (χ0v) is 16.1. The lowest BCUT2D eigenvalue weighted by Gasteiger charge is -2.17. The van der Waals surface area contributed by atoms with Gasteiger partial charge in [-0.1, -0.05) is 12.1 Å². The van der Waals surface area contributed by atoms with Crippen molar-refractivity contribution >= 4 is 0 Å². The quantitative estimate of drug-likeness (QED) is 0.527. The van der Waals surface area contributed by atoms with Crippen LogP contribution in [0.5, 0.6) is 0 Å².